The molecule has 1 amide bonds. The maximum atomic E-state index is 13.0. The molecular formula is C28H27N3O3. The zero-order valence-corrected chi connectivity index (χ0v) is 19.2. The van der Waals surface area contributed by atoms with Gasteiger partial charge < -0.3 is 19.0 Å². The second-order valence-corrected chi connectivity index (χ2v) is 8.32. The van der Waals surface area contributed by atoms with Crippen LogP contribution in [0.15, 0.2) is 89.3 Å². The zero-order valence-electron chi connectivity index (χ0n) is 19.2. The molecule has 34 heavy (non-hydrogen) atoms. The van der Waals surface area contributed by atoms with Crippen LogP contribution in [0.25, 0.3) is 11.5 Å². The highest BCUT2D eigenvalue weighted by Gasteiger charge is 2.22. The van der Waals surface area contributed by atoms with Gasteiger partial charge in [-0.3, -0.25) is 4.79 Å². The largest absolute Gasteiger partial charge is 0.487 e. The minimum Gasteiger partial charge on any atom is -0.487 e. The molecule has 1 aromatic heterocycles. The van der Waals surface area contributed by atoms with E-state index in [1.54, 1.807) is 0 Å². The average molecular weight is 454 g/mol. The molecule has 0 saturated carbocycles. The minimum atomic E-state index is 0.0554. The van der Waals surface area contributed by atoms with Gasteiger partial charge in [0.2, 0.25) is 5.89 Å². The van der Waals surface area contributed by atoms with Crippen LogP contribution < -0.4 is 9.64 Å². The normalized spacial score (nSPS) is 13.7. The lowest BCUT2D eigenvalue weighted by Crippen LogP contribution is -2.48. The van der Waals surface area contributed by atoms with Crippen molar-refractivity contribution in [3.05, 3.63) is 102 Å². The first-order valence-electron chi connectivity index (χ1n) is 11.5. The van der Waals surface area contributed by atoms with Gasteiger partial charge in [-0.1, -0.05) is 36.4 Å². The van der Waals surface area contributed by atoms with Crippen molar-refractivity contribution in [1.82, 2.24) is 9.88 Å². The van der Waals surface area contributed by atoms with E-state index < -0.39 is 0 Å². The van der Waals surface area contributed by atoms with E-state index in [-0.39, 0.29) is 5.91 Å². The van der Waals surface area contributed by atoms with Crippen molar-refractivity contribution >= 4 is 11.6 Å². The van der Waals surface area contributed by atoms with Crippen LogP contribution in [-0.2, 0) is 6.61 Å². The number of piperazine rings is 1. The maximum Gasteiger partial charge on any atom is 0.253 e. The zero-order chi connectivity index (χ0) is 23.3. The van der Waals surface area contributed by atoms with Gasteiger partial charge in [-0.15, -0.1) is 0 Å². The molecule has 0 unspecified atom stereocenters. The molecule has 6 nitrogen and oxygen atoms in total. The smallest absolute Gasteiger partial charge is 0.253 e. The number of hydrogen-bond donors (Lipinski definition) is 0. The molecule has 0 aliphatic carbocycles. The first-order chi connectivity index (χ1) is 16.7. The predicted octanol–water partition coefficient (Wildman–Crippen LogP) is 5.19. The average Bonchev–Trinajstić information content (AvgIpc) is 3.28. The lowest BCUT2D eigenvalue weighted by molar-refractivity contribution is 0.0747. The van der Waals surface area contributed by atoms with Crippen LogP contribution in [0.2, 0.25) is 0 Å². The SMILES string of the molecule is Cc1oc(-c2ccc(C(=O)N3CCN(c4ccccc4)CC3)cc2)nc1COc1ccccc1. The molecule has 3 aromatic carbocycles. The van der Waals surface area contributed by atoms with Crippen LogP contribution in [0.1, 0.15) is 21.8 Å². The number of ether oxygens (including phenoxy) is 1. The Morgan fingerprint density at radius 2 is 1.53 bits per heavy atom. The quantitative estimate of drug-likeness (QED) is 0.402. The van der Waals surface area contributed by atoms with Gasteiger partial charge >= 0.3 is 0 Å². The van der Waals surface area contributed by atoms with E-state index >= 15 is 0 Å². The number of para-hydroxylation sites is 2. The van der Waals surface area contributed by atoms with Crippen LogP contribution in [0.4, 0.5) is 5.69 Å². The third-order valence-electron chi connectivity index (χ3n) is 6.08. The van der Waals surface area contributed by atoms with E-state index in [1.165, 1.54) is 5.69 Å². The first kappa shape index (κ1) is 21.8. The molecule has 1 fully saturated rings. The monoisotopic (exact) mass is 453 g/mol. The first-order valence-corrected chi connectivity index (χ1v) is 11.5. The van der Waals surface area contributed by atoms with E-state index in [0.717, 1.165) is 35.9 Å². The predicted molar refractivity (Wildman–Crippen MR) is 132 cm³/mol. The number of amides is 1. The van der Waals surface area contributed by atoms with Crippen molar-refractivity contribution in [3.8, 4) is 17.2 Å². The van der Waals surface area contributed by atoms with Gasteiger partial charge in [-0.2, -0.15) is 0 Å². The van der Waals surface area contributed by atoms with E-state index in [4.69, 9.17) is 9.15 Å². The summed E-state index contributed by atoms with van der Waals surface area (Å²) in [7, 11) is 0. The summed E-state index contributed by atoms with van der Waals surface area (Å²) in [4.78, 5) is 21.9. The summed E-state index contributed by atoms with van der Waals surface area (Å²) in [6.45, 7) is 5.30. The van der Waals surface area contributed by atoms with E-state index in [0.29, 0.717) is 31.2 Å². The third-order valence-corrected chi connectivity index (χ3v) is 6.08. The molecule has 1 saturated heterocycles. The van der Waals surface area contributed by atoms with Gasteiger partial charge in [0.1, 0.15) is 23.8 Å². The van der Waals surface area contributed by atoms with Crippen LogP contribution >= 0.6 is 0 Å². The van der Waals surface area contributed by atoms with Crippen LogP contribution in [-0.4, -0.2) is 42.0 Å². The fourth-order valence-electron chi connectivity index (χ4n) is 4.10. The highest BCUT2D eigenvalue weighted by atomic mass is 16.5. The molecule has 0 N–H and O–H groups in total. The Labute approximate surface area is 199 Å². The Balaban J connectivity index is 1.20. The van der Waals surface area contributed by atoms with E-state index in [9.17, 15) is 4.79 Å². The molecule has 1 aliphatic heterocycles. The van der Waals surface area contributed by atoms with Crippen LogP contribution in [0.3, 0.4) is 0 Å². The Kier molecular flexibility index (Phi) is 6.29. The van der Waals surface area contributed by atoms with Crippen molar-refractivity contribution in [2.75, 3.05) is 31.1 Å². The topological polar surface area (TPSA) is 58.8 Å². The number of nitrogens with zero attached hydrogens (tertiary/aromatic N) is 3. The van der Waals surface area contributed by atoms with Crippen molar-refractivity contribution in [3.63, 3.8) is 0 Å². The third kappa shape index (κ3) is 4.81. The van der Waals surface area contributed by atoms with Crippen molar-refractivity contribution < 1.29 is 13.9 Å². The van der Waals surface area contributed by atoms with Crippen LogP contribution in [0, 0.1) is 6.92 Å². The van der Waals surface area contributed by atoms with Crippen LogP contribution in [0.5, 0.6) is 5.75 Å². The molecule has 4 aromatic rings. The summed E-state index contributed by atoms with van der Waals surface area (Å²) in [5, 5.41) is 0. The molecule has 1 aliphatic rings. The number of oxazole rings is 1. The van der Waals surface area contributed by atoms with Gasteiger partial charge in [0.15, 0.2) is 0 Å². The van der Waals surface area contributed by atoms with Crippen molar-refractivity contribution in [2.24, 2.45) is 0 Å². The molecular weight excluding hydrogens is 426 g/mol. The molecule has 0 radical (unpaired) electrons. The summed E-state index contributed by atoms with van der Waals surface area (Å²) in [6, 6.07) is 27.4. The number of hydrogen-bond acceptors (Lipinski definition) is 5. The standard InChI is InChI=1S/C28H27N3O3/c1-21-26(20-33-25-10-6-3-7-11-25)29-27(34-21)22-12-14-23(15-13-22)28(32)31-18-16-30(17-19-31)24-8-4-2-5-9-24/h2-15H,16-20H2,1H3. The summed E-state index contributed by atoms with van der Waals surface area (Å²) >= 11 is 0. The second kappa shape index (κ2) is 9.83. The number of benzene rings is 3. The van der Waals surface area contributed by atoms with E-state index in [1.807, 2.05) is 84.6 Å². The lowest BCUT2D eigenvalue weighted by Gasteiger charge is -2.36. The number of aryl methyl sites for hydroxylation is 1. The molecule has 0 spiro atoms. The van der Waals surface area contributed by atoms with E-state index in [2.05, 4.69) is 22.0 Å². The Hall–Kier alpha value is -4.06. The number of anilines is 1. The Bertz CT molecular complexity index is 1230. The number of carbonyl (C=O) groups excluding carboxylic acids is 1. The van der Waals surface area contributed by atoms with Gasteiger partial charge in [-0.05, 0) is 55.5 Å². The summed E-state index contributed by atoms with van der Waals surface area (Å²) in [5.74, 6) is 2.10. The Morgan fingerprint density at radius 3 is 2.21 bits per heavy atom. The van der Waals surface area contributed by atoms with Gasteiger partial charge in [0.25, 0.3) is 5.91 Å². The lowest BCUT2D eigenvalue weighted by atomic mass is 10.1. The number of aromatic nitrogens is 1. The van der Waals surface area contributed by atoms with Crippen molar-refractivity contribution in [2.45, 2.75) is 13.5 Å². The molecule has 172 valence electrons. The summed E-state index contributed by atoms with van der Waals surface area (Å²) < 4.78 is 11.7. The molecule has 5 rings (SSSR count). The molecule has 0 atom stereocenters. The highest BCUT2D eigenvalue weighted by Crippen LogP contribution is 2.24. The van der Waals surface area contributed by atoms with Gasteiger partial charge in [0, 0.05) is 43.0 Å². The molecule has 6 heteroatoms. The Morgan fingerprint density at radius 1 is 0.882 bits per heavy atom. The summed E-state index contributed by atoms with van der Waals surface area (Å²) in [6.07, 6.45) is 0. The second-order valence-electron chi connectivity index (χ2n) is 8.32. The fraction of sp³-hybridized carbons (Fsp3) is 0.214. The number of carbonyl (C=O) groups is 1. The molecule has 0 bridgehead atoms. The van der Waals surface area contributed by atoms with Gasteiger partial charge in [-0.25, -0.2) is 4.98 Å². The maximum absolute atomic E-state index is 13.0. The molecule has 2 heterocycles. The van der Waals surface area contributed by atoms with Crippen molar-refractivity contribution in [1.29, 1.82) is 0 Å². The minimum absolute atomic E-state index is 0.0554. The fourth-order valence-corrected chi connectivity index (χ4v) is 4.10. The number of rotatable bonds is 6. The van der Waals surface area contributed by atoms with Gasteiger partial charge in [0.05, 0.1) is 0 Å². The summed E-state index contributed by atoms with van der Waals surface area (Å²) in [5.41, 5.74) is 3.47. The highest BCUT2D eigenvalue weighted by molar-refractivity contribution is 5.94.